The molecule has 5 nitrogen and oxygen atoms in total. The first-order valence-electron chi connectivity index (χ1n) is 7.12. The number of amides is 2. The zero-order valence-corrected chi connectivity index (χ0v) is 14.4. The SMILES string of the molecule is CCCNC(=O)[C@@H](C)NC(=O)c1sc(-c2cccs2)nc1C. The van der Waals surface area contributed by atoms with Crippen LogP contribution in [0, 0.1) is 6.92 Å². The summed E-state index contributed by atoms with van der Waals surface area (Å²) in [4.78, 5) is 30.2. The summed E-state index contributed by atoms with van der Waals surface area (Å²) in [6.07, 6.45) is 0.866. The average molecular weight is 337 g/mol. The van der Waals surface area contributed by atoms with Gasteiger partial charge in [-0.25, -0.2) is 4.98 Å². The Kier molecular flexibility index (Phi) is 5.68. The maximum atomic E-state index is 12.3. The Labute approximate surface area is 137 Å². The van der Waals surface area contributed by atoms with Gasteiger partial charge in [0, 0.05) is 6.54 Å². The normalized spacial score (nSPS) is 12.0. The molecule has 0 aliphatic rings. The lowest BCUT2D eigenvalue weighted by atomic mass is 10.3. The van der Waals surface area contributed by atoms with Crippen LogP contribution in [-0.4, -0.2) is 29.4 Å². The first-order valence-corrected chi connectivity index (χ1v) is 8.82. The Morgan fingerprint density at radius 2 is 2.18 bits per heavy atom. The lowest BCUT2D eigenvalue weighted by Gasteiger charge is -2.13. The molecule has 0 saturated carbocycles. The molecular weight excluding hydrogens is 318 g/mol. The predicted molar refractivity (Wildman–Crippen MR) is 90.4 cm³/mol. The summed E-state index contributed by atoms with van der Waals surface area (Å²) in [5.41, 5.74) is 0.687. The van der Waals surface area contributed by atoms with Crippen molar-refractivity contribution >= 4 is 34.5 Å². The number of nitrogens with one attached hydrogen (secondary N) is 2. The highest BCUT2D eigenvalue weighted by Gasteiger charge is 2.20. The standard InChI is InChI=1S/C15H19N3O2S2/c1-4-7-16-13(19)10(3)17-14(20)12-9(2)18-15(22-12)11-6-5-8-21-11/h5-6,8,10H,4,7H2,1-3H3,(H,16,19)(H,17,20)/t10-/m1/s1. The molecule has 2 aromatic heterocycles. The number of carbonyl (C=O) groups excluding carboxylic acids is 2. The van der Waals surface area contributed by atoms with Crippen molar-refractivity contribution in [1.29, 1.82) is 0 Å². The van der Waals surface area contributed by atoms with Gasteiger partial charge in [0.15, 0.2) is 0 Å². The summed E-state index contributed by atoms with van der Waals surface area (Å²) in [5, 5.41) is 8.31. The minimum atomic E-state index is -0.564. The molecule has 22 heavy (non-hydrogen) atoms. The molecule has 2 N–H and O–H groups in total. The fourth-order valence-corrected chi connectivity index (χ4v) is 3.61. The van der Waals surface area contributed by atoms with Crippen LogP contribution in [0.4, 0.5) is 0 Å². The predicted octanol–water partition coefficient (Wildman–Crippen LogP) is 2.82. The topological polar surface area (TPSA) is 71.1 Å². The maximum Gasteiger partial charge on any atom is 0.263 e. The van der Waals surface area contributed by atoms with E-state index in [0.717, 1.165) is 16.3 Å². The van der Waals surface area contributed by atoms with Gasteiger partial charge in [-0.05, 0) is 31.7 Å². The molecule has 2 heterocycles. The minimum Gasteiger partial charge on any atom is -0.354 e. The van der Waals surface area contributed by atoms with Crippen LogP contribution in [0.2, 0.25) is 0 Å². The smallest absolute Gasteiger partial charge is 0.263 e. The molecule has 0 aliphatic heterocycles. The van der Waals surface area contributed by atoms with Gasteiger partial charge in [0.25, 0.3) is 5.91 Å². The second-order valence-corrected chi connectivity index (χ2v) is 6.84. The highest BCUT2D eigenvalue weighted by Crippen LogP contribution is 2.30. The van der Waals surface area contributed by atoms with Gasteiger partial charge in [-0.3, -0.25) is 9.59 Å². The molecule has 7 heteroatoms. The zero-order valence-electron chi connectivity index (χ0n) is 12.8. The van der Waals surface area contributed by atoms with Crippen LogP contribution in [0.5, 0.6) is 0 Å². The maximum absolute atomic E-state index is 12.3. The van der Waals surface area contributed by atoms with E-state index in [1.165, 1.54) is 11.3 Å². The second-order valence-electron chi connectivity index (χ2n) is 4.90. The largest absolute Gasteiger partial charge is 0.354 e. The van der Waals surface area contributed by atoms with Crippen molar-refractivity contribution in [2.75, 3.05) is 6.54 Å². The van der Waals surface area contributed by atoms with E-state index in [-0.39, 0.29) is 11.8 Å². The first kappa shape index (κ1) is 16.6. The van der Waals surface area contributed by atoms with E-state index < -0.39 is 6.04 Å². The number of rotatable bonds is 6. The molecule has 0 aromatic carbocycles. The highest BCUT2D eigenvalue weighted by molar-refractivity contribution is 7.22. The first-order chi connectivity index (χ1) is 10.5. The molecule has 2 rings (SSSR count). The number of carbonyl (C=O) groups is 2. The van der Waals surface area contributed by atoms with E-state index in [0.29, 0.717) is 17.1 Å². The molecule has 118 valence electrons. The van der Waals surface area contributed by atoms with Crippen LogP contribution in [0.25, 0.3) is 9.88 Å². The lowest BCUT2D eigenvalue weighted by Crippen LogP contribution is -2.44. The molecule has 0 fully saturated rings. The van der Waals surface area contributed by atoms with Crippen molar-refractivity contribution < 1.29 is 9.59 Å². The van der Waals surface area contributed by atoms with Crippen LogP contribution in [0.15, 0.2) is 17.5 Å². The summed E-state index contributed by atoms with van der Waals surface area (Å²) in [5.74, 6) is -0.423. The third kappa shape index (κ3) is 3.92. The lowest BCUT2D eigenvalue weighted by molar-refractivity contribution is -0.122. The Bertz CT molecular complexity index is 650. The van der Waals surface area contributed by atoms with Crippen LogP contribution in [0.1, 0.15) is 35.6 Å². The van der Waals surface area contributed by atoms with Gasteiger partial charge in [-0.1, -0.05) is 13.0 Å². The van der Waals surface area contributed by atoms with Crippen LogP contribution in [-0.2, 0) is 4.79 Å². The van der Waals surface area contributed by atoms with Crippen LogP contribution in [0.3, 0.4) is 0 Å². The molecule has 0 bridgehead atoms. The van der Waals surface area contributed by atoms with Crippen molar-refractivity contribution in [1.82, 2.24) is 15.6 Å². The number of hydrogen-bond acceptors (Lipinski definition) is 5. The molecule has 0 radical (unpaired) electrons. The van der Waals surface area contributed by atoms with Crippen LogP contribution < -0.4 is 10.6 Å². The summed E-state index contributed by atoms with van der Waals surface area (Å²) < 4.78 is 0. The number of hydrogen-bond donors (Lipinski definition) is 2. The van der Waals surface area contributed by atoms with Crippen molar-refractivity contribution in [3.8, 4) is 9.88 Å². The third-order valence-electron chi connectivity index (χ3n) is 3.02. The quantitative estimate of drug-likeness (QED) is 0.851. The summed E-state index contributed by atoms with van der Waals surface area (Å²) >= 11 is 2.94. The fourth-order valence-electron chi connectivity index (χ4n) is 1.84. The Morgan fingerprint density at radius 1 is 1.41 bits per heavy atom. The second kappa shape index (κ2) is 7.51. The number of aromatic nitrogens is 1. The highest BCUT2D eigenvalue weighted by atomic mass is 32.1. The van der Waals surface area contributed by atoms with E-state index in [4.69, 9.17) is 0 Å². The monoisotopic (exact) mass is 337 g/mol. The number of thiophene rings is 1. The van der Waals surface area contributed by atoms with E-state index in [1.807, 2.05) is 31.4 Å². The van der Waals surface area contributed by atoms with Gasteiger partial charge in [0.1, 0.15) is 15.9 Å². The summed E-state index contributed by atoms with van der Waals surface area (Å²) in [7, 11) is 0. The Hall–Kier alpha value is -1.73. The van der Waals surface area contributed by atoms with Crippen molar-refractivity contribution in [2.24, 2.45) is 0 Å². The average Bonchev–Trinajstić information content (AvgIpc) is 3.13. The number of thiazole rings is 1. The van der Waals surface area contributed by atoms with E-state index >= 15 is 0 Å². The fraction of sp³-hybridized carbons (Fsp3) is 0.400. The molecule has 2 aromatic rings. The molecule has 1 atom stereocenters. The minimum absolute atomic E-state index is 0.171. The molecule has 0 saturated heterocycles. The number of nitrogens with zero attached hydrogens (tertiary/aromatic N) is 1. The number of aryl methyl sites for hydroxylation is 1. The van der Waals surface area contributed by atoms with Gasteiger partial charge < -0.3 is 10.6 Å². The van der Waals surface area contributed by atoms with Gasteiger partial charge >= 0.3 is 0 Å². The van der Waals surface area contributed by atoms with Crippen molar-refractivity contribution in [3.63, 3.8) is 0 Å². The van der Waals surface area contributed by atoms with Crippen molar-refractivity contribution in [2.45, 2.75) is 33.2 Å². The Morgan fingerprint density at radius 3 is 2.82 bits per heavy atom. The molecule has 0 aliphatic carbocycles. The molecule has 2 amide bonds. The summed E-state index contributed by atoms with van der Waals surface area (Å²) in [6.45, 7) is 6.08. The Balaban J connectivity index is 2.05. The van der Waals surface area contributed by atoms with E-state index in [2.05, 4.69) is 15.6 Å². The van der Waals surface area contributed by atoms with Crippen molar-refractivity contribution in [3.05, 3.63) is 28.1 Å². The van der Waals surface area contributed by atoms with E-state index in [1.54, 1.807) is 18.3 Å². The van der Waals surface area contributed by atoms with Gasteiger partial charge in [0.05, 0.1) is 10.6 Å². The summed E-state index contributed by atoms with van der Waals surface area (Å²) in [6, 6.07) is 3.37. The van der Waals surface area contributed by atoms with E-state index in [9.17, 15) is 9.59 Å². The van der Waals surface area contributed by atoms with Gasteiger partial charge in [-0.2, -0.15) is 0 Å². The van der Waals surface area contributed by atoms with Crippen LogP contribution >= 0.6 is 22.7 Å². The van der Waals surface area contributed by atoms with Gasteiger partial charge in [0.2, 0.25) is 5.91 Å². The molecular formula is C15H19N3O2S2. The zero-order chi connectivity index (χ0) is 16.1. The molecule has 0 unspecified atom stereocenters. The third-order valence-corrected chi connectivity index (χ3v) is 5.22. The molecule has 0 spiro atoms. The van der Waals surface area contributed by atoms with Gasteiger partial charge in [-0.15, -0.1) is 22.7 Å².